The van der Waals surface area contributed by atoms with E-state index in [1.54, 1.807) is 12.1 Å². The molecule has 0 unspecified atom stereocenters. The van der Waals surface area contributed by atoms with E-state index in [2.05, 4.69) is 10.4 Å². The molecule has 0 fully saturated rings. The maximum Gasteiger partial charge on any atom is 0.247 e. The van der Waals surface area contributed by atoms with Crippen molar-refractivity contribution in [3.05, 3.63) is 51.2 Å². The second kappa shape index (κ2) is 7.15. The Kier molecular flexibility index (Phi) is 4.97. The van der Waals surface area contributed by atoms with Crippen LogP contribution in [0.5, 0.6) is 0 Å². The van der Waals surface area contributed by atoms with E-state index >= 15 is 0 Å². The molecule has 0 radical (unpaired) electrons. The van der Waals surface area contributed by atoms with E-state index in [1.165, 1.54) is 23.3 Å². The molecule has 0 saturated carbocycles. The van der Waals surface area contributed by atoms with Crippen LogP contribution in [0.3, 0.4) is 0 Å². The first-order chi connectivity index (χ1) is 11.5. The van der Waals surface area contributed by atoms with Gasteiger partial charge in [0.2, 0.25) is 11.8 Å². The van der Waals surface area contributed by atoms with Crippen LogP contribution in [0.4, 0.5) is 5.69 Å². The Morgan fingerprint density at radius 3 is 2.62 bits per heavy atom. The Balaban J connectivity index is 1.63. The zero-order valence-electron chi connectivity index (χ0n) is 13.1. The summed E-state index contributed by atoms with van der Waals surface area (Å²) in [6.45, 7) is 2.05. The van der Waals surface area contributed by atoms with E-state index in [9.17, 15) is 9.59 Å². The number of rotatable bonds is 4. The second-order valence-corrected chi connectivity index (χ2v) is 7.19. The summed E-state index contributed by atoms with van der Waals surface area (Å²) in [7, 11) is 0. The zero-order chi connectivity index (χ0) is 17.1. The predicted molar refractivity (Wildman–Crippen MR) is 96.6 cm³/mol. The minimum absolute atomic E-state index is 0.0417. The summed E-state index contributed by atoms with van der Waals surface area (Å²) in [6.07, 6.45) is 1.02. The third-order valence-corrected chi connectivity index (χ3v) is 4.86. The van der Waals surface area contributed by atoms with E-state index in [0.29, 0.717) is 6.54 Å². The van der Waals surface area contributed by atoms with Crippen molar-refractivity contribution in [1.82, 2.24) is 5.01 Å². The molecular weight excluding hydrogens is 346 g/mol. The summed E-state index contributed by atoms with van der Waals surface area (Å²) in [6, 6.07) is 11.0. The molecule has 0 atom stereocenters. The zero-order valence-corrected chi connectivity index (χ0v) is 14.7. The first-order valence-electron chi connectivity index (χ1n) is 7.51. The standard InChI is InChI=1S/C17H16ClN3O2S/c1-11(22)19-13-4-2-12(3-5-13)10-17(23)21-9-8-14(20-21)15-6-7-16(18)24-15/h2-7H,8-10H2,1H3,(H,19,22). The quantitative estimate of drug-likeness (QED) is 0.905. The Morgan fingerprint density at radius 1 is 1.25 bits per heavy atom. The summed E-state index contributed by atoms with van der Waals surface area (Å²) < 4.78 is 0.719. The van der Waals surface area contributed by atoms with Gasteiger partial charge < -0.3 is 5.32 Å². The third-order valence-electron chi connectivity index (χ3n) is 3.58. The SMILES string of the molecule is CC(=O)Nc1ccc(CC(=O)N2CCC(c3ccc(Cl)s3)=N2)cc1. The Bertz CT molecular complexity index is 798. The summed E-state index contributed by atoms with van der Waals surface area (Å²) in [5.74, 6) is -0.161. The van der Waals surface area contributed by atoms with Gasteiger partial charge in [0.15, 0.2) is 0 Å². The van der Waals surface area contributed by atoms with Crippen molar-refractivity contribution < 1.29 is 9.59 Å². The van der Waals surface area contributed by atoms with Crippen LogP contribution in [0.2, 0.25) is 4.34 Å². The number of hydrazone groups is 1. The van der Waals surface area contributed by atoms with Crippen LogP contribution in [0.25, 0.3) is 0 Å². The van der Waals surface area contributed by atoms with Gasteiger partial charge in [0.25, 0.3) is 0 Å². The van der Waals surface area contributed by atoms with Gasteiger partial charge in [0.05, 0.1) is 27.9 Å². The molecule has 24 heavy (non-hydrogen) atoms. The molecule has 0 spiro atoms. The van der Waals surface area contributed by atoms with Gasteiger partial charge in [-0.05, 0) is 29.8 Å². The van der Waals surface area contributed by atoms with Gasteiger partial charge in [-0.1, -0.05) is 23.7 Å². The van der Waals surface area contributed by atoms with Crippen LogP contribution in [0.1, 0.15) is 23.8 Å². The number of nitrogens with zero attached hydrogens (tertiary/aromatic N) is 2. The van der Waals surface area contributed by atoms with E-state index in [4.69, 9.17) is 11.6 Å². The first kappa shape index (κ1) is 16.7. The van der Waals surface area contributed by atoms with E-state index < -0.39 is 0 Å². The Labute approximate surface area is 148 Å². The number of nitrogens with one attached hydrogen (secondary N) is 1. The fourth-order valence-electron chi connectivity index (χ4n) is 2.45. The molecule has 1 aromatic carbocycles. The van der Waals surface area contributed by atoms with Crippen LogP contribution in [0, 0.1) is 0 Å². The van der Waals surface area contributed by atoms with Crippen molar-refractivity contribution in [1.29, 1.82) is 0 Å². The lowest BCUT2D eigenvalue weighted by Gasteiger charge is -2.11. The van der Waals surface area contributed by atoms with E-state index in [0.717, 1.165) is 32.6 Å². The summed E-state index contributed by atoms with van der Waals surface area (Å²) in [4.78, 5) is 24.4. The lowest BCUT2D eigenvalue weighted by Crippen LogP contribution is -2.25. The number of carbonyl (C=O) groups excluding carboxylic acids is 2. The summed E-state index contributed by atoms with van der Waals surface area (Å²) in [5, 5.41) is 8.64. The number of hydrogen-bond donors (Lipinski definition) is 1. The summed E-state index contributed by atoms with van der Waals surface area (Å²) >= 11 is 7.42. The molecule has 2 heterocycles. The van der Waals surface area contributed by atoms with Crippen LogP contribution in [-0.4, -0.2) is 29.1 Å². The van der Waals surface area contributed by atoms with Crippen molar-refractivity contribution in [2.45, 2.75) is 19.8 Å². The molecule has 1 aliphatic heterocycles. The number of benzene rings is 1. The van der Waals surface area contributed by atoms with Crippen molar-refractivity contribution in [3.8, 4) is 0 Å². The Hall–Kier alpha value is -2.18. The number of amides is 2. The molecule has 1 aliphatic rings. The van der Waals surface area contributed by atoms with Gasteiger partial charge in [0, 0.05) is 19.0 Å². The van der Waals surface area contributed by atoms with Crippen molar-refractivity contribution >= 4 is 46.2 Å². The van der Waals surface area contributed by atoms with Gasteiger partial charge in [-0.3, -0.25) is 9.59 Å². The minimum atomic E-state index is -0.119. The number of hydrogen-bond acceptors (Lipinski definition) is 4. The topological polar surface area (TPSA) is 61.8 Å². The van der Waals surface area contributed by atoms with Crippen molar-refractivity contribution in [3.63, 3.8) is 0 Å². The highest BCUT2D eigenvalue weighted by molar-refractivity contribution is 7.18. The molecule has 124 valence electrons. The highest BCUT2D eigenvalue weighted by Crippen LogP contribution is 2.25. The Morgan fingerprint density at radius 2 is 2.00 bits per heavy atom. The van der Waals surface area contributed by atoms with Gasteiger partial charge in [-0.2, -0.15) is 5.10 Å². The molecule has 3 rings (SSSR count). The molecule has 7 heteroatoms. The molecule has 0 bridgehead atoms. The number of halogens is 1. The normalized spacial score (nSPS) is 13.8. The van der Waals surface area contributed by atoms with Crippen LogP contribution in [0.15, 0.2) is 41.5 Å². The van der Waals surface area contributed by atoms with Gasteiger partial charge in [-0.25, -0.2) is 5.01 Å². The van der Waals surface area contributed by atoms with Gasteiger partial charge in [0.1, 0.15) is 0 Å². The monoisotopic (exact) mass is 361 g/mol. The lowest BCUT2D eigenvalue weighted by atomic mass is 10.1. The molecule has 1 N–H and O–H groups in total. The highest BCUT2D eigenvalue weighted by atomic mass is 35.5. The van der Waals surface area contributed by atoms with Crippen molar-refractivity contribution in [2.75, 3.05) is 11.9 Å². The number of carbonyl (C=O) groups is 2. The number of thiophene rings is 1. The molecule has 2 aromatic rings. The second-order valence-electron chi connectivity index (χ2n) is 5.47. The lowest BCUT2D eigenvalue weighted by molar-refractivity contribution is -0.130. The first-order valence-corrected chi connectivity index (χ1v) is 8.71. The molecular formula is C17H16ClN3O2S. The van der Waals surface area contributed by atoms with Crippen LogP contribution >= 0.6 is 22.9 Å². The molecule has 0 saturated heterocycles. The van der Waals surface area contributed by atoms with E-state index in [1.807, 2.05) is 24.3 Å². The third kappa shape index (κ3) is 4.01. The van der Waals surface area contributed by atoms with E-state index in [-0.39, 0.29) is 18.2 Å². The maximum atomic E-state index is 12.4. The highest BCUT2D eigenvalue weighted by Gasteiger charge is 2.22. The minimum Gasteiger partial charge on any atom is -0.326 e. The predicted octanol–water partition coefficient (Wildman–Crippen LogP) is 3.54. The van der Waals surface area contributed by atoms with Crippen LogP contribution < -0.4 is 5.32 Å². The molecule has 1 aromatic heterocycles. The maximum absolute atomic E-state index is 12.4. The fourth-order valence-corrected chi connectivity index (χ4v) is 3.51. The van der Waals surface area contributed by atoms with Gasteiger partial charge >= 0.3 is 0 Å². The average molecular weight is 362 g/mol. The van der Waals surface area contributed by atoms with Crippen molar-refractivity contribution in [2.24, 2.45) is 5.10 Å². The molecule has 0 aliphatic carbocycles. The fraction of sp³-hybridized carbons (Fsp3) is 0.235. The molecule has 2 amide bonds. The van der Waals surface area contributed by atoms with Gasteiger partial charge in [-0.15, -0.1) is 11.3 Å². The largest absolute Gasteiger partial charge is 0.326 e. The molecule has 5 nitrogen and oxygen atoms in total. The van der Waals surface area contributed by atoms with Crippen LogP contribution in [-0.2, 0) is 16.0 Å². The average Bonchev–Trinajstić information content (AvgIpc) is 3.17. The smallest absolute Gasteiger partial charge is 0.247 e. The summed E-state index contributed by atoms with van der Waals surface area (Å²) in [5.41, 5.74) is 2.51. The number of anilines is 1.